The van der Waals surface area contributed by atoms with Crippen molar-refractivity contribution in [3.63, 3.8) is 0 Å². The molecule has 0 atom stereocenters. The van der Waals surface area contributed by atoms with E-state index in [0.717, 1.165) is 5.92 Å². The fourth-order valence-electron chi connectivity index (χ4n) is 1.60. The maximum Gasteiger partial charge on any atom is 0.0122 e. The van der Waals surface area contributed by atoms with E-state index in [1.807, 2.05) is 0 Å². The monoisotopic (exact) mass is 170 g/mol. The van der Waals surface area contributed by atoms with Gasteiger partial charge in [-0.15, -0.1) is 0 Å². The van der Waals surface area contributed by atoms with Gasteiger partial charge in [-0.2, -0.15) is 0 Å². The second-order valence-corrected chi connectivity index (χ2v) is 5.15. The van der Waals surface area contributed by atoms with Gasteiger partial charge in [-0.25, -0.2) is 0 Å². The van der Waals surface area contributed by atoms with Gasteiger partial charge in [0.05, 0.1) is 0 Å². The van der Waals surface area contributed by atoms with Crippen molar-refractivity contribution in [1.82, 2.24) is 4.90 Å². The Balaban J connectivity index is 2.23. The van der Waals surface area contributed by atoms with Crippen LogP contribution in [0, 0.1) is 5.92 Å². The van der Waals surface area contributed by atoms with E-state index in [4.69, 9.17) is 5.73 Å². The highest BCUT2D eigenvalue weighted by Crippen LogP contribution is 2.27. The molecule has 2 nitrogen and oxygen atoms in total. The smallest absolute Gasteiger partial charge is 0.0122 e. The normalized spacial score (nSPS) is 30.5. The van der Waals surface area contributed by atoms with E-state index in [1.165, 1.54) is 19.4 Å². The Kier molecular flexibility index (Phi) is 2.79. The van der Waals surface area contributed by atoms with Crippen molar-refractivity contribution >= 4 is 0 Å². The summed E-state index contributed by atoms with van der Waals surface area (Å²) in [6, 6.07) is 0.489. The molecule has 0 spiro atoms. The minimum Gasteiger partial charge on any atom is -0.328 e. The van der Waals surface area contributed by atoms with Crippen molar-refractivity contribution < 1.29 is 0 Å². The highest BCUT2D eigenvalue weighted by Gasteiger charge is 2.29. The summed E-state index contributed by atoms with van der Waals surface area (Å²) >= 11 is 0. The molecule has 1 aliphatic rings. The van der Waals surface area contributed by atoms with Crippen LogP contribution in [0.2, 0.25) is 0 Å². The number of hydrogen-bond donors (Lipinski definition) is 1. The summed E-state index contributed by atoms with van der Waals surface area (Å²) in [4.78, 5) is 2.42. The zero-order valence-electron chi connectivity index (χ0n) is 8.80. The molecule has 72 valence electrons. The minimum absolute atomic E-state index is 0.305. The molecule has 1 rings (SSSR count). The van der Waals surface area contributed by atoms with Crippen LogP contribution in [0.1, 0.15) is 33.6 Å². The van der Waals surface area contributed by atoms with Crippen LogP contribution in [0.15, 0.2) is 0 Å². The third-order valence-electron chi connectivity index (χ3n) is 2.95. The molecular formula is C10H22N2. The van der Waals surface area contributed by atoms with Gasteiger partial charge in [0.25, 0.3) is 0 Å². The molecular weight excluding hydrogens is 148 g/mol. The molecule has 0 bridgehead atoms. The van der Waals surface area contributed by atoms with Crippen LogP contribution in [-0.2, 0) is 0 Å². The molecule has 0 aromatic heterocycles. The van der Waals surface area contributed by atoms with Crippen LogP contribution in [0.5, 0.6) is 0 Å². The van der Waals surface area contributed by atoms with E-state index in [0.29, 0.717) is 11.6 Å². The molecule has 0 unspecified atom stereocenters. The summed E-state index contributed by atoms with van der Waals surface area (Å²) in [5.74, 6) is 0.851. The maximum atomic E-state index is 5.74. The van der Waals surface area contributed by atoms with Crippen molar-refractivity contribution in [2.24, 2.45) is 11.7 Å². The van der Waals surface area contributed by atoms with Gasteiger partial charge in [-0.05, 0) is 46.6 Å². The number of nitrogens with zero attached hydrogens (tertiary/aromatic N) is 1. The fourth-order valence-corrected chi connectivity index (χ4v) is 1.60. The number of nitrogens with two attached hydrogens (primary N) is 1. The Bertz CT molecular complexity index is 142. The van der Waals surface area contributed by atoms with Gasteiger partial charge in [-0.3, -0.25) is 0 Å². The summed E-state index contributed by atoms with van der Waals surface area (Å²) in [5, 5.41) is 0. The molecule has 0 amide bonds. The zero-order valence-corrected chi connectivity index (χ0v) is 8.80. The van der Waals surface area contributed by atoms with Gasteiger partial charge in [-0.1, -0.05) is 0 Å². The van der Waals surface area contributed by atoms with Crippen LogP contribution < -0.4 is 5.73 Å². The van der Waals surface area contributed by atoms with E-state index in [2.05, 4.69) is 32.7 Å². The Labute approximate surface area is 76.1 Å². The van der Waals surface area contributed by atoms with Gasteiger partial charge in [0.2, 0.25) is 0 Å². The largest absolute Gasteiger partial charge is 0.328 e. The van der Waals surface area contributed by atoms with Crippen LogP contribution in [0.25, 0.3) is 0 Å². The van der Waals surface area contributed by atoms with Crippen molar-refractivity contribution in [2.45, 2.75) is 45.2 Å². The molecule has 0 aromatic carbocycles. The van der Waals surface area contributed by atoms with E-state index < -0.39 is 0 Å². The first kappa shape index (κ1) is 10.0. The van der Waals surface area contributed by atoms with Crippen molar-refractivity contribution in [1.29, 1.82) is 0 Å². The molecule has 1 aliphatic carbocycles. The lowest BCUT2D eigenvalue weighted by Gasteiger charge is -2.40. The first-order valence-electron chi connectivity index (χ1n) is 4.86. The van der Waals surface area contributed by atoms with Crippen molar-refractivity contribution in [3.8, 4) is 0 Å². The maximum absolute atomic E-state index is 5.74. The molecule has 12 heavy (non-hydrogen) atoms. The minimum atomic E-state index is 0.305. The average Bonchev–Trinajstić information content (AvgIpc) is 1.82. The van der Waals surface area contributed by atoms with Gasteiger partial charge in [0, 0.05) is 18.1 Å². The number of hydrogen-bond acceptors (Lipinski definition) is 2. The first-order chi connectivity index (χ1) is 5.39. The predicted octanol–water partition coefficient (Wildman–Crippen LogP) is 1.45. The fraction of sp³-hybridized carbons (Fsp3) is 1.00. The molecule has 2 heteroatoms. The van der Waals surface area contributed by atoms with Gasteiger partial charge >= 0.3 is 0 Å². The molecule has 0 aromatic rings. The first-order valence-corrected chi connectivity index (χ1v) is 4.86. The van der Waals surface area contributed by atoms with Crippen LogP contribution in [-0.4, -0.2) is 30.1 Å². The quantitative estimate of drug-likeness (QED) is 0.679. The molecule has 1 fully saturated rings. The standard InChI is InChI=1S/C10H22N2/c1-10(2,3)12(4)7-8-5-9(11)6-8/h8-9H,5-7,11H2,1-4H3. The summed E-state index contributed by atoms with van der Waals surface area (Å²) in [7, 11) is 2.20. The van der Waals surface area contributed by atoms with E-state index in [9.17, 15) is 0 Å². The lowest BCUT2D eigenvalue weighted by atomic mass is 9.80. The second-order valence-electron chi connectivity index (χ2n) is 5.15. The van der Waals surface area contributed by atoms with Crippen LogP contribution >= 0.6 is 0 Å². The van der Waals surface area contributed by atoms with Crippen molar-refractivity contribution in [3.05, 3.63) is 0 Å². The Hall–Kier alpha value is -0.0800. The third-order valence-corrected chi connectivity index (χ3v) is 2.95. The lowest BCUT2D eigenvalue weighted by molar-refractivity contribution is 0.110. The molecule has 0 radical (unpaired) electrons. The predicted molar refractivity (Wildman–Crippen MR) is 53.1 cm³/mol. The van der Waals surface area contributed by atoms with Crippen molar-refractivity contribution in [2.75, 3.05) is 13.6 Å². The number of rotatable bonds is 2. The molecule has 2 N–H and O–H groups in total. The highest BCUT2D eigenvalue weighted by atomic mass is 15.2. The molecule has 0 heterocycles. The second kappa shape index (κ2) is 3.35. The van der Waals surface area contributed by atoms with Crippen LogP contribution in [0.4, 0.5) is 0 Å². The van der Waals surface area contributed by atoms with Gasteiger partial charge in [0.1, 0.15) is 0 Å². The molecule has 0 aliphatic heterocycles. The summed E-state index contributed by atoms with van der Waals surface area (Å²) < 4.78 is 0. The van der Waals surface area contributed by atoms with Gasteiger partial charge < -0.3 is 10.6 Å². The third kappa shape index (κ3) is 2.46. The summed E-state index contributed by atoms with van der Waals surface area (Å²) in [6.07, 6.45) is 2.45. The zero-order chi connectivity index (χ0) is 9.35. The Morgan fingerprint density at radius 3 is 2.17 bits per heavy atom. The molecule has 1 saturated carbocycles. The summed E-state index contributed by atoms with van der Waals surface area (Å²) in [5.41, 5.74) is 6.04. The van der Waals surface area contributed by atoms with Crippen LogP contribution in [0.3, 0.4) is 0 Å². The SMILES string of the molecule is CN(CC1CC(N)C1)C(C)(C)C. The lowest BCUT2D eigenvalue weighted by Crippen LogP contribution is -2.47. The Morgan fingerprint density at radius 1 is 1.33 bits per heavy atom. The Morgan fingerprint density at radius 2 is 1.83 bits per heavy atom. The van der Waals surface area contributed by atoms with Gasteiger partial charge in [0.15, 0.2) is 0 Å². The highest BCUT2D eigenvalue weighted by molar-refractivity contribution is 4.86. The topological polar surface area (TPSA) is 29.3 Å². The summed E-state index contributed by atoms with van der Waals surface area (Å²) in [6.45, 7) is 7.97. The molecule has 0 saturated heterocycles. The van der Waals surface area contributed by atoms with E-state index >= 15 is 0 Å². The van der Waals surface area contributed by atoms with E-state index in [1.54, 1.807) is 0 Å². The average molecular weight is 170 g/mol. The van der Waals surface area contributed by atoms with E-state index in [-0.39, 0.29) is 0 Å².